The second-order valence-electron chi connectivity index (χ2n) is 9.37. The van der Waals surface area contributed by atoms with Crippen LogP contribution in [0.5, 0.6) is 0 Å². The van der Waals surface area contributed by atoms with Crippen molar-refractivity contribution >= 4 is 57.8 Å². The minimum Gasteiger partial charge on any atom is -0.288 e. The molecule has 1 unspecified atom stereocenters. The number of Topliss-reactive ketones (excluding diaryl/α,β-unsaturated/α-hetero) is 1. The number of hydrogen-bond donors (Lipinski definition) is 0. The fraction of sp³-hybridized carbons (Fsp3) is 0.0606. The number of nitro groups is 1. The molecular formula is C33H25Cl2NO3P+. The summed E-state index contributed by atoms with van der Waals surface area (Å²) in [6.45, 7) is 0. The van der Waals surface area contributed by atoms with E-state index >= 15 is 0 Å². The van der Waals surface area contributed by atoms with Crippen molar-refractivity contribution in [1.82, 2.24) is 0 Å². The Balaban J connectivity index is 1.86. The lowest BCUT2D eigenvalue weighted by Crippen LogP contribution is -2.50. The quantitative estimate of drug-likeness (QED) is 0.0589. The minimum atomic E-state index is -2.96. The summed E-state index contributed by atoms with van der Waals surface area (Å²) >= 11 is 14.1. The normalized spacial score (nSPS) is 12.8. The van der Waals surface area contributed by atoms with Crippen molar-refractivity contribution in [3.63, 3.8) is 0 Å². The van der Waals surface area contributed by atoms with Gasteiger partial charge in [-0.3, -0.25) is 14.9 Å². The number of benzene rings is 5. The zero-order valence-electron chi connectivity index (χ0n) is 21.4. The zero-order chi connectivity index (χ0) is 28.2. The van der Waals surface area contributed by atoms with Crippen molar-refractivity contribution in [2.45, 2.75) is 11.0 Å². The van der Waals surface area contributed by atoms with Crippen LogP contribution in [0.15, 0.2) is 140 Å². The lowest BCUT2D eigenvalue weighted by atomic mass is 10.0. The molecule has 40 heavy (non-hydrogen) atoms. The largest absolute Gasteiger partial charge is 0.288 e. The predicted molar refractivity (Wildman–Crippen MR) is 166 cm³/mol. The van der Waals surface area contributed by atoms with Crippen LogP contribution in [0.4, 0.5) is 5.69 Å². The summed E-state index contributed by atoms with van der Waals surface area (Å²) in [6, 6.07) is 42.9. The van der Waals surface area contributed by atoms with E-state index in [1.54, 1.807) is 36.4 Å². The number of alkyl halides is 1. The second kappa shape index (κ2) is 11.7. The predicted octanol–water partition coefficient (Wildman–Crippen LogP) is 7.60. The summed E-state index contributed by atoms with van der Waals surface area (Å²) in [6.07, 6.45) is 0.139. The molecular weight excluding hydrogens is 560 g/mol. The van der Waals surface area contributed by atoms with Crippen LogP contribution in [0.25, 0.3) is 0 Å². The van der Waals surface area contributed by atoms with Crippen LogP contribution in [0.2, 0.25) is 5.02 Å². The molecule has 0 saturated carbocycles. The van der Waals surface area contributed by atoms with Crippen LogP contribution in [0.3, 0.4) is 0 Å². The van der Waals surface area contributed by atoms with E-state index < -0.39 is 16.8 Å². The zero-order valence-corrected chi connectivity index (χ0v) is 23.8. The molecule has 4 nitrogen and oxygen atoms in total. The maximum absolute atomic E-state index is 14.9. The molecule has 5 rings (SSSR count). The van der Waals surface area contributed by atoms with Crippen molar-refractivity contribution in [3.05, 3.63) is 166 Å². The highest BCUT2D eigenvalue weighted by Crippen LogP contribution is 2.69. The van der Waals surface area contributed by atoms with Gasteiger partial charge in [0.1, 0.15) is 23.2 Å². The van der Waals surface area contributed by atoms with Crippen molar-refractivity contribution in [1.29, 1.82) is 0 Å². The smallest absolute Gasteiger partial charge is 0.269 e. The number of carbonyl (C=O) groups excluding carboxylic acids is 1. The molecule has 0 saturated heterocycles. The summed E-state index contributed by atoms with van der Waals surface area (Å²) < 4.78 is -1.50. The maximum Gasteiger partial charge on any atom is 0.269 e. The highest BCUT2D eigenvalue weighted by molar-refractivity contribution is 7.98. The first kappa shape index (κ1) is 27.7. The number of carbonyl (C=O) groups is 1. The van der Waals surface area contributed by atoms with Crippen LogP contribution in [0.1, 0.15) is 15.9 Å². The summed E-state index contributed by atoms with van der Waals surface area (Å²) in [7, 11) is -2.96. The molecule has 5 aromatic rings. The van der Waals surface area contributed by atoms with Crippen molar-refractivity contribution in [2.24, 2.45) is 0 Å². The molecule has 0 N–H and O–H groups in total. The van der Waals surface area contributed by atoms with Gasteiger partial charge in [0.05, 0.1) is 4.92 Å². The van der Waals surface area contributed by atoms with Crippen LogP contribution >= 0.6 is 30.5 Å². The van der Waals surface area contributed by atoms with E-state index in [2.05, 4.69) is 0 Å². The van der Waals surface area contributed by atoms with Crippen molar-refractivity contribution < 1.29 is 9.72 Å². The molecule has 1 atom stereocenters. The van der Waals surface area contributed by atoms with E-state index in [1.807, 2.05) is 91.0 Å². The lowest BCUT2D eigenvalue weighted by molar-refractivity contribution is -0.384. The van der Waals surface area contributed by atoms with E-state index in [9.17, 15) is 14.9 Å². The Bertz CT molecular complexity index is 1520. The van der Waals surface area contributed by atoms with E-state index in [1.165, 1.54) is 12.1 Å². The summed E-state index contributed by atoms with van der Waals surface area (Å²) in [5, 5.41) is 14.7. The monoisotopic (exact) mass is 584 g/mol. The molecule has 5 aromatic carbocycles. The van der Waals surface area contributed by atoms with Gasteiger partial charge in [0.15, 0.2) is 0 Å². The van der Waals surface area contributed by atoms with Gasteiger partial charge >= 0.3 is 0 Å². The first-order valence-electron chi connectivity index (χ1n) is 12.6. The Morgan fingerprint density at radius 3 is 1.50 bits per heavy atom. The number of nitrogens with zero attached hydrogens (tertiary/aromatic N) is 1. The average Bonchev–Trinajstić information content (AvgIpc) is 2.99. The topological polar surface area (TPSA) is 60.2 Å². The van der Waals surface area contributed by atoms with E-state index in [0.717, 1.165) is 21.5 Å². The Kier molecular flexibility index (Phi) is 8.14. The fourth-order valence-electron chi connectivity index (χ4n) is 5.20. The van der Waals surface area contributed by atoms with Gasteiger partial charge in [-0.2, -0.15) is 0 Å². The average molecular weight is 585 g/mol. The van der Waals surface area contributed by atoms with Crippen molar-refractivity contribution in [3.8, 4) is 0 Å². The van der Waals surface area contributed by atoms with Gasteiger partial charge in [0.2, 0.25) is 10.4 Å². The standard InChI is InChI=1S/C33H25Cl2NO3P/c34-27-20-18-26(19-21-27)32(37)33(35,24-25-16-22-28(23-17-25)36(38)39)40(29-10-4-1-5-11-29,30-12-6-2-7-13-30)31-14-8-3-9-15-31/h1-23H,24H2/q+1. The van der Waals surface area contributed by atoms with E-state index in [-0.39, 0.29) is 17.9 Å². The summed E-state index contributed by atoms with van der Waals surface area (Å²) in [5.74, 6) is -0.242. The molecule has 0 heterocycles. The molecule has 0 aliphatic heterocycles. The van der Waals surface area contributed by atoms with Crippen LogP contribution in [0, 0.1) is 10.1 Å². The Morgan fingerprint density at radius 1 is 0.675 bits per heavy atom. The number of hydrogen-bond acceptors (Lipinski definition) is 3. The first-order chi connectivity index (χ1) is 19.4. The number of rotatable bonds is 9. The second-order valence-corrected chi connectivity index (χ2v) is 14.4. The Labute approximate surface area is 243 Å². The molecule has 0 aromatic heterocycles. The number of non-ortho nitro benzene ring substituents is 1. The lowest BCUT2D eigenvalue weighted by Gasteiger charge is -2.40. The molecule has 7 heteroatoms. The van der Waals surface area contributed by atoms with Crippen LogP contribution in [-0.2, 0) is 6.42 Å². The highest BCUT2D eigenvalue weighted by atomic mass is 35.5. The van der Waals surface area contributed by atoms with Crippen LogP contribution < -0.4 is 15.9 Å². The first-order valence-corrected chi connectivity index (χ1v) is 15.2. The van der Waals surface area contributed by atoms with Gasteiger partial charge in [-0.25, -0.2) is 0 Å². The molecule has 0 aliphatic rings. The van der Waals surface area contributed by atoms with Gasteiger partial charge in [-0.05, 0) is 66.2 Å². The molecule has 198 valence electrons. The number of nitro benzene ring substituents is 1. The molecule has 0 fully saturated rings. The van der Waals surface area contributed by atoms with Gasteiger partial charge in [0, 0.05) is 29.1 Å². The van der Waals surface area contributed by atoms with Gasteiger partial charge in [0.25, 0.3) is 5.69 Å². The number of ketones is 1. The summed E-state index contributed by atoms with van der Waals surface area (Å²) in [4.78, 5) is 25.8. The SMILES string of the molecule is O=C(c1ccc(Cl)cc1)C(Cl)(Cc1ccc([N+](=O)[O-])cc1)[P+](c1ccccc1)(c1ccccc1)c1ccccc1. The molecule has 0 bridgehead atoms. The molecule has 0 aliphatic carbocycles. The van der Waals surface area contributed by atoms with Gasteiger partial charge in [-0.1, -0.05) is 89.9 Å². The Morgan fingerprint density at radius 2 is 1.10 bits per heavy atom. The third kappa shape index (κ3) is 5.07. The van der Waals surface area contributed by atoms with E-state index in [0.29, 0.717) is 10.6 Å². The third-order valence-corrected chi connectivity index (χ3v) is 13.0. The minimum absolute atomic E-state index is 0.0248. The molecule has 0 spiro atoms. The maximum atomic E-state index is 14.9. The van der Waals surface area contributed by atoms with Crippen molar-refractivity contribution in [2.75, 3.05) is 0 Å². The van der Waals surface area contributed by atoms with Gasteiger partial charge < -0.3 is 0 Å². The Hall–Kier alpha value is -3.82. The number of halogens is 2. The highest BCUT2D eigenvalue weighted by Gasteiger charge is 2.66. The summed E-state index contributed by atoms with van der Waals surface area (Å²) in [5.41, 5.74) is 1.13. The van der Waals surface area contributed by atoms with Crippen LogP contribution in [-0.4, -0.2) is 15.3 Å². The third-order valence-electron chi connectivity index (χ3n) is 7.00. The fourth-order valence-corrected chi connectivity index (χ4v) is 11.3. The molecule has 0 radical (unpaired) electrons. The van der Waals surface area contributed by atoms with E-state index in [4.69, 9.17) is 23.2 Å². The van der Waals surface area contributed by atoms with Gasteiger partial charge in [-0.15, -0.1) is 0 Å². The molecule has 0 amide bonds.